The first-order valence-corrected chi connectivity index (χ1v) is 14.5. The highest BCUT2D eigenvalue weighted by Crippen LogP contribution is 2.37. The lowest BCUT2D eigenvalue weighted by atomic mass is 9.92. The van der Waals surface area contributed by atoms with Crippen molar-refractivity contribution in [2.75, 3.05) is 26.5 Å². The first-order valence-electron chi connectivity index (χ1n) is 14.5. The molecule has 0 spiro atoms. The number of ether oxygens (including phenoxy) is 3. The molecule has 2 aromatic rings. The van der Waals surface area contributed by atoms with Crippen molar-refractivity contribution in [2.45, 2.75) is 64.4 Å². The van der Waals surface area contributed by atoms with Crippen LogP contribution in [0.4, 0.5) is 13.2 Å². The van der Waals surface area contributed by atoms with Crippen LogP contribution in [-0.4, -0.2) is 47.0 Å². The van der Waals surface area contributed by atoms with E-state index in [-0.39, 0.29) is 25.1 Å². The molecule has 1 aromatic carbocycles. The molecule has 1 saturated heterocycles. The van der Waals surface area contributed by atoms with Crippen LogP contribution in [0.2, 0.25) is 0 Å². The molecule has 9 heteroatoms. The largest absolute Gasteiger partial charge is 0.458 e. The van der Waals surface area contributed by atoms with Crippen molar-refractivity contribution in [3.63, 3.8) is 0 Å². The minimum absolute atomic E-state index is 0.0962. The molecule has 2 unspecified atom stereocenters. The number of benzene rings is 1. The van der Waals surface area contributed by atoms with Gasteiger partial charge in [-0.1, -0.05) is 67.5 Å². The molecule has 2 aliphatic heterocycles. The zero-order valence-electron chi connectivity index (χ0n) is 23.3. The van der Waals surface area contributed by atoms with E-state index < -0.39 is 11.9 Å². The van der Waals surface area contributed by atoms with Crippen LogP contribution < -0.4 is 0 Å². The Kier molecular flexibility index (Phi) is 8.08. The van der Waals surface area contributed by atoms with Crippen molar-refractivity contribution in [3.8, 4) is 11.4 Å². The third-order valence-electron chi connectivity index (χ3n) is 8.16. The van der Waals surface area contributed by atoms with E-state index in [1.54, 1.807) is 4.57 Å². The second-order valence-electron chi connectivity index (χ2n) is 11.1. The van der Waals surface area contributed by atoms with Gasteiger partial charge in [0.2, 0.25) is 6.79 Å². The van der Waals surface area contributed by atoms with E-state index in [4.69, 9.17) is 14.2 Å². The smallest absolute Gasteiger partial charge is 0.435 e. The number of alkyl halides is 3. The molecule has 1 fully saturated rings. The van der Waals surface area contributed by atoms with Crippen LogP contribution in [0.15, 0.2) is 77.3 Å². The summed E-state index contributed by atoms with van der Waals surface area (Å²) in [4.78, 5) is 6.36. The van der Waals surface area contributed by atoms with Crippen LogP contribution in [0.1, 0.15) is 50.4 Å². The molecular formula is C32H36F3N3O3. The van der Waals surface area contributed by atoms with E-state index in [2.05, 4.69) is 28.1 Å². The molecule has 6 rings (SSSR count). The van der Waals surface area contributed by atoms with Gasteiger partial charge in [0, 0.05) is 50.7 Å². The number of unbranched alkanes of at least 4 members (excludes halogenated alkanes) is 1. The highest BCUT2D eigenvalue weighted by atomic mass is 19.4. The molecule has 0 radical (unpaired) electrons. The Labute approximate surface area is 238 Å². The summed E-state index contributed by atoms with van der Waals surface area (Å²) in [6.07, 6.45) is 8.02. The van der Waals surface area contributed by atoms with Crippen molar-refractivity contribution in [1.82, 2.24) is 14.5 Å². The standard InChI is InChI=1S/C32H36F3N3O3/c1-2-3-14-38-26(30(32(33,34)35)36-31(38)24-7-5-4-6-8-24)20-37(18-22-9-11-27-25(16-22)13-15-39-27)19-23-10-12-28-29(17-23)41-21-40-28/h4-9,11,16-17,25,27H,2-3,10,12-15,18-21H2,1H3. The number of hydrogen-bond acceptors (Lipinski definition) is 5. The van der Waals surface area contributed by atoms with Crippen LogP contribution >= 0.6 is 0 Å². The number of halogens is 3. The lowest BCUT2D eigenvalue weighted by Gasteiger charge is -2.28. The van der Waals surface area contributed by atoms with Crippen molar-refractivity contribution < 1.29 is 27.4 Å². The van der Waals surface area contributed by atoms with Gasteiger partial charge in [0.25, 0.3) is 0 Å². The Balaban J connectivity index is 1.37. The van der Waals surface area contributed by atoms with E-state index in [9.17, 15) is 13.2 Å². The van der Waals surface area contributed by atoms with Gasteiger partial charge in [0.15, 0.2) is 11.5 Å². The molecule has 1 aromatic heterocycles. The normalized spacial score (nSPS) is 21.9. The molecule has 3 heterocycles. The van der Waals surface area contributed by atoms with Gasteiger partial charge in [-0.2, -0.15) is 13.2 Å². The SMILES string of the molecule is CCCCn1c(-c2ccccc2)nc(C(F)(F)F)c1CN(CC1=CC2CCOC2C=C1)CC1=CC2=C(CC1)OCO2. The fraction of sp³-hybridized carbons (Fsp3) is 0.469. The fourth-order valence-corrected chi connectivity index (χ4v) is 6.11. The second-order valence-corrected chi connectivity index (χ2v) is 11.1. The van der Waals surface area contributed by atoms with Crippen molar-refractivity contribution >= 4 is 0 Å². The van der Waals surface area contributed by atoms with Gasteiger partial charge in [0.05, 0.1) is 11.8 Å². The first-order chi connectivity index (χ1) is 19.9. The summed E-state index contributed by atoms with van der Waals surface area (Å²) in [5, 5.41) is 0. The van der Waals surface area contributed by atoms with Gasteiger partial charge < -0.3 is 18.8 Å². The molecule has 0 saturated carbocycles. The molecule has 0 N–H and O–H groups in total. The van der Waals surface area contributed by atoms with Gasteiger partial charge in [-0.25, -0.2) is 4.98 Å². The third kappa shape index (κ3) is 6.16. The van der Waals surface area contributed by atoms with E-state index >= 15 is 0 Å². The topological polar surface area (TPSA) is 48.8 Å². The summed E-state index contributed by atoms with van der Waals surface area (Å²) < 4.78 is 62.5. The number of nitrogens with zero attached hydrogens (tertiary/aromatic N) is 3. The number of rotatable bonds is 10. The van der Waals surface area contributed by atoms with E-state index in [0.717, 1.165) is 61.4 Å². The zero-order chi connectivity index (χ0) is 28.4. The molecule has 2 aliphatic carbocycles. The number of hydrogen-bond donors (Lipinski definition) is 0. The van der Waals surface area contributed by atoms with Crippen molar-refractivity contribution in [3.05, 3.63) is 88.7 Å². The average Bonchev–Trinajstić information content (AvgIpc) is 3.70. The fourth-order valence-electron chi connectivity index (χ4n) is 6.11. The van der Waals surface area contributed by atoms with Gasteiger partial charge in [-0.15, -0.1) is 0 Å². The molecule has 0 bridgehead atoms. The molecule has 218 valence electrons. The minimum Gasteiger partial charge on any atom is -0.458 e. The summed E-state index contributed by atoms with van der Waals surface area (Å²) in [6, 6.07) is 9.18. The summed E-state index contributed by atoms with van der Waals surface area (Å²) in [5.74, 6) is 2.28. The Hall–Kier alpha value is -3.30. The Bertz CT molecular complexity index is 1370. The summed E-state index contributed by atoms with van der Waals surface area (Å²) >= 11 is 0. The Morgan fingerprint density at radius 2 is 1.93 bits per heavy atom. The predicted molar refractivity (Wildman–Crippen MR) is 149 cm³/mol. The number of fused-ring (bicyclic) bond motifs is 1. The van der Waals surface area contributed by atoms with Gasteiger partial charge in [-0.05, 0) is 30.9 Å². The number of imidazole rings is 1. The molecular weight excluding hydrogens is 531 g/mol. The van der Waals surface area contributed by atoms with E-state index in [1.165, 1.54) is 0 Å². The zero-order valence-corrected chi connectivity index (χ0v) is 23.3. The van der Waals surface area contributed by atoms with Crippen LogP contribution in [0.3, 0.4) is 0 Å². The van der Waals surface area contributed by atoms with Crippen molar-refractivity contribution in [2.24, 2.45) is 5.92 Å². The summed E-state index contributed by atoms with van der Waals surface area (Å²) in [7, 11) is 0. The quantitative estimate of drug-likeness (QED) is 0.309. The third-order valence-corrected chi connectivity index (χ3v) is 8.16. The number of aromatic nitrogens is 2. The summed E-state index contributed by atoms with van der Waals surface area (Å²) in [6.45, 7) is 4.63. The average molecular weight is 568 g/mol. The van der Waals surface area contributed by atoms with Crippen LogP contribution in [0.25, 0.3) is 11.4 Å². The lowest BCUT2D eigenvalue weighted by molar-refractivity contribution is -0.141. The Morgan fingerprint density at radius 3 is 2.73 bits per heavy atom. The second kappa shape index (κ2) is 11.9. The first kappa shape index (κ1) is 27.8. The molecule has 0 amide bonds. The van der Waals surface area contributed by atoms with E-state index in [1.807, 2.05) is 43.3 Å². The molecule has 6 nitrogen and oxygen atoms in total. The highest BCUT2D eigenvalue weighted by Gasteiger charge is 2.40. The molecule has 41 heavy (non-hydrogen) atoms. The van der Waals surface area contributed by atoms with Crippen molar-refractivity contribution in [1.29, 1.82) is 0 Å². The molecule has 4 aliphatic rings. The monoisotopic (exact) mass is 567 g/mol. The number of allylic oxidation sites excluding steroid dienone is 2. The summed E-state index contributed by atoms with van der Waals surface area (Å²) in [5.41, 5.74) is 2.32. The van der Waals surface area contributed by atoms with Crippen LogP contribution in [0, 0.1) is 5.92 Å². The minimum atomic E-state index is -4.57. The highest BCUT2D eigenvalue weighted by molar-refractivity contribution is 5.57. The molecule has 2 atom stereocenters. The van der Waals surface area contributed by atoms with Crippen LogP contribution in [0.5, 0.6) is 0 Å². The Morgan fingerprint density at radius 1 is 1.07 bits per heavy atom. The van der Waals surface area contributed by atoms with Gasteiger partial charge in [-0.3, -0.25) is 4.90 Å². The maximum absolute atomic E-state index is 14.6. The van der Waals surface area contributed by atoms with Crippen LogP contribution in [-0.2, 0) is 33.5 Å². The van der Waals surface area contributed by atoms with Gasteiger partial charge >= 0.3 is 6.18 Å². The lowest BCUT2D eigenvalue weighted by Crippen LogP contribution is -2.31. The van der Waals surface area contributed by atoms with E-state index in [0.29, 0.717) is 36.9 Å². The predicted octanol–water partition coefficient (Wildman–Crippen LogP) is 7.01. The van der Waals surface area contributed by atoms with Gasteiger partial charge in [0.1, 0.15) is 11.6 Å². The maximum atomic E-state index is 14.6. The maximum Gasteiger partial charge on any atom is 0.435 e.